The Morgan fingerprint density at radius 3 is 3.00 bits per heavy atom. The number of hydrogen-bond donors (Lipinski definition) is 1. The number of aliphatic hydroxyl groups is 1. The van der Waals surface area contributed by atoms with Crippen LogP contribution in [-0.2, 0) is 4.74 Å². The number of methoxy groups -OCH3 is 1. The molecule has 15 heavy (non-hydrogen) atoms. The van der Waals surface area contributed by atoms with E-state index in [1.807, 2.05) is 10.8 Å². The SMILES string of the molecule is COC(=O)c1ccn([C@@H]2CCC[C@@H]2O)c1. The van der Waals surface area contributed by atoms with Crippen LogP contribution in [0.15, 0.2) is 18.5 Å². The first kappa shape index (κ1) is 10.2. The Labute approximate surface area is 88.5 Å². The van der Waals surface area contributed by atoms with Gasteiger partial charge in [-0.25, -0.2) is 4.79 Å². The van der Waals surface area contributed by atoms with Gasteiger partial charge in [0.25, 0.3) is 0 Å². The number of ether oxygens (including phenoxy) is 1. The van der Waals surface area contributed by atoms with E-state index >= 15 is 0 Å². The first-order chi connectivity index (χ1) is 7.22. The predicted molar refractivity (Wildman–Crippen MR) is 54.7 cm³/mol. The van der Waals surface area contributed by atoms with Gasteiger partial charge in [-0.05, 0) is 25.3 Å². The zero-order valence-corrected chi connectivity index (χ0v) is 8.72. The molecule has 1 aromatic rings. The number of aliphatic hydroxyl groups excluding tert-OH is 1. The predicted octanol–water partition coefficient (Wildman–Crippen LogP) is 1.36. The average Bonchev–Trinajstić information content (AvgIpc) is 2.84. The van der Waals surface area contributed by atoms with Crippen molar-refractivity contribution in [2.24, 2.45) is 0 Å². The quantitative estimate of drug-likeness (QED) is 0.748. The van der Waals surface area contributed by atoms with Crippen molar-refractivity contribution >= 4 is 5.97 Å². The topological polar surface area (TPSA) is 51.5 Å². The summed E-state index contributed by atoms with van der Waals surface area (Å²) < 4.78 is 6.53. The van der Waals surface area contributed by atoms with Crippen LogP contribution in [0, 0.1) is 0 Å². The Bertz CT molecular complexity index is 358. The maximum absolute atomic E-state index is 11.2. The summed E-state index contributed by atoms with van der Waals surface area (Å²) in [6.45, 7) is 0. The molecular formula is C11H15NO3. The van der Waals surface area contributed by atoms with Gasteiger partial charge in [0, 0.05) is 12.4 Å². The molecule has 1 heterocycles. The third kappa shape index (κ3) is 1.90. The lowest BCUT2D eigenvalue weighted by Crippen LogP contribution is -2.16. The second kappa shape index (κ2) is 4.06. The van der Waals surface area contributed by atoms with E-state index in [1.165, 1.54) is 7.11 Å². The molecule has 0 radical (unpaired) electrons. The molecule has 0 unspecified atom stereocenters. The Hall–Kier alpha value is -1.29. The summed E-state index contributed by atoms with van der Waals surface area (Å²) >= 11 is 0. The van der Waals surface area contributed by atoms with Gasteiger partial charge < -0.3 is 14.4 Å². The van der Waals surface area contributed by atoms with Crippen LogP contribution in [0.3, 0.4) is 0 Å². The number of nitrogens with zero attached hydrogens (tertiary/aromatic N) is 1. The van der Waals surface area contributed by atoms with Crippen molar-refractivity contribution in [2.45, 2.75) is 31.4 Å². The van der Waals surface area contributed by atoms with Crippen LogP contribution >= 0.6 is 0 Å². The van der Waals surface area contributed by atoms with Crippen molar-refractivity contribution in [3.63, 3.8) is 0 Å². The summed E-state index contributed by atoms with van der Waals surface area (Å²) in [5.74, 6) is -0.332. The molecule has 82 valence electrons. The van der Waals surface area contributed by atoms with E-state index in [0.717, 1.165) is 19.3 Å². The normalized spacial score (nSPS) is 25.5. The molecule has 4 nitrogen and oxygen atoms in total. The highest BCUT2D eigenvalue weighted by Crippen LogP contribution is 2.30. The molecule has 2 atom stereocenters. The highest BCUT2D eigenvalue weighted by atomic mass is 16.5. The van der Waals surface area contributed by atoms with Gasteiger partial charge >= 0.3 is 5.97 Å². The summed E-state index contributed by atoms with van der Waals surface area (Å²) in [5, 5.41) is 9.71. The van der Waals surface area contributed by atoms with Crippen LogP contribution in [0.2, 0.25) is 0 Å². The molecule has 0 spiro atoms. The molecule has 1 aliphatic rings. The van der Waals surface area contributed by atoms with E-state index in [1.54, 1.807) is 12.3 Å². The monoisotopic (exact) mass is 209 g/mol. The zero-order chi connectivity index (χ0) is 10.8. The standard InChI is InChI=1S/C11H15NO3/c1-15-11(14)8-5-6-12(7-8)9-3-2-4-10(9)13/h5-7,9-10,13H,2-4H2,1H3/t9-,10+/m1/s1. The molecule has 1 aromatic heterocycles. The van der Waals surface area contributed by atoms with Crippen molar-refractivity contribution < 1.29 is 14.6 Å². The zero-order valence-electron chi connectivity index (χ0n) is 8.72. The summed E-state index contributed by atoms with van der Waals surface area (Å²) in [4.78, 5) is 11.2. The Balaban J connectivity index is 2.16. The van der Waals surface area contributed by atoms with Crippen molar-refractivity contribution in [1.82, 2.24) is 4.57 Å². The minimum atomic E-state index is -0.332. The first-order valence-corrected chi connectivity index (χ1v) is 5.16. The van der Waals surface area contributed by atoms with Gasteiger partial charge in [-0.3, -0.25) is 0 Å². The molecule has 1 N–H and O–H groups in total. The second-order valence-electron chi connectivity index (χ2n) is 3.90. The molecule has 2 rings (SSSR count). The van der Waals surface area contributed by atoms with Crippen molar-refractivity contribution in [2.75, 3.05) is 7.11 Å². The second-order valence-corrected chi connectivity index (χ2v) is 3.90. The Kier molecular flexibility index (Phi) is 2.77. The third-order valence-electron chi connectivity index (χ3n) is 2.96. The smallest absolute Gasteiger partial charge is 0.339 e. The maximum atomic E-state index is 11.2. The van der Waals surface area contributed by atoms with E-state index < -0.39 is 0 Å². The molecular weight excluding hydrogens is 194 g/mol. The number of carbonyl (C=O) groups is 1. The van der Waals surface area contributed by atoms with E-state index in [2.05, 4.69) is 4.74 Å². The fourth-order valence-corrected chi connectivity index (χ4v) is 2.13. The van der Waals surface area contributed by atoms with E-state index in [0.29, 0.717) is 5.56 Å². The van der Waals surface area contributed by atoms with Gasteiger partial charge in [-0.15, -0.1) is 0 Å². The highest BCUT2D eigenvalue weighted by Gasteiger charge is 2.26. The van der Waals surface area contributed by atoms with E-state index in [-0.39, 0.29) is 18.1 Å². The fraction of sp³-hybridized carbons (Fsp3) is 0.545. The third-order valence-corrected chi connectivity index (χ3v) is 2.96. The Morgan fingerprint density at radius 1 is 1.60 bits per heavy atom. The van der Waals surface area contributed by atoms with Crippen LogP contribution in [0.5, 0.6) is 0 Å². The van der Waals surface area contributed by atoms with Crippen LogP contribution in [0.25, 0.3) is 0 Å². The van der Waals surface area contributed by atoms with E-state index in [9.17, 15) is 9.90 Å². The number of esters is 1. The molecule has 1 saturated carbocycles. The minimum absolute atomic E-state index is 0.114. The molecule has 0 amide bonds. The number of carbonyl (C=O) groups excluding carboxylic acids is 1. The van der Waals surface area contributed by atoms with Gasteiger partial charge in [0.1, 0.15) is 0 Å². The summed E-state index contributed by atoms with van der Waals surface area (Å²) in [6.07, 6.45) is 6.13. The number of rotatable bonds is 2. The van der Waals surface area contributed by atoms with E-state index in [4.69, 9.17) is 0 Å². The first-order valence-electron chi connectivity index (χ1n) is 5.16. The molecule has 4 heteroatoms. The lowest BCUT2D eigenvalue weighted by molar-refractivity contribution is 0.0600. The lowest BCUT2D eigenvalue weighted by atomic mass is 10.2. The lowest BCUT2D eigenvalue weighted by Gasteiger charge is -2.16. The summed E-state index contributed by atoms with van der Waals surface area (Å²) in [5.41, 5.74) is 0.539. The van der Waals surface area contributed by atoms with Crippen LogP contribution < -0.4 is 0 Å². The van der Waals surface area contributed by atoms with Gasteiger partial charge in [0.05, 0.1) is 24.8 Å². The average molecular weight is 209 g/mol. The van der Waals surface area contributed by atoms with Crippen molar-refractivity contribution in [3.05, 3.63) is 24.0 Å². The maximum Gasteiger partial charge on any atom is 0.339 e. The molecule has 0 aromatic carbocycles. The molecule has 1 fully saturated rings. The molecule has 0 saturated heterocycles. The molecule has 0 aliphatic heterocycles. The largest absolute Gasteiger partial charge is 0.465 e. The van der Waals surface area contributed by atoms with Gasteiger partial charge in [-0.2, -0.15) is 0 Å². The Morgan fingerprint density at radius 2 is 2.40 bits per heavy atom. The van der Waals surface area contributed by atoms with Gasteiger partial charge in [-0.1, -0.05) is 0 Å². The molecule has 1 aliphatic carbocycles. The van der Waals surface area contributed by atoms with Gasteiger partial charge in [0.2, 0.25) is 0 Å². The van der Waals surface area contributed by atoms with Crippen molar-refractivity contribution in [1.29, 1.82) is 0 Å². The van der Waals surface area contributed by atoms with Crippen LogP contribution in [-0.4, -0.2) is 28.9 Å². The minimum Gasteiger partial charge on any atom is -0.465 e. The number of hydrogen-bond acceptors (Lipinski definition) is 3. The van der Waals surface area contributed by atoms with Crippen LogP contribution in [0.4, 0.5) is 0 Å². The van der Waals surface area contributed by atoms with Crippen LogP contribution in [0.1, 0.15) is 35.7 Å². The highest BCUT2D eigenvalue weighted by molar-refractivity contribution is 5.89. The number of aromatic nitrogens is 1. The van der Waals surface area contributed by atoms with Crippen molar-refractivity contribution in [3.8, 4) is 0 Å². The summed E-state index contributed by atoms with van der Waals surface area (Å²) in [7, 11) is 1.37. The molecule has 0 bridgehead atoms. The van der Waals surface area contributed by atoms with Gasteiger partial charge in [0.15, 0.2) is 0 Å². The summed E-state index contributed by atoms with van der Waals surface area (Å²) in [6, 6.07) is 1.83. The fourth-order valence-electron chi connectivity index (χ4n) is 2.13.